The van der Waals surface area contributed by atoms with E-state index in [0.29, 0.717) is 32.4 Å². The van der Waals surface area contributed by atoms with Gasteiger partial charge in [0.15, 0.2) is 11.4 Å². The van der Waals surface area contributed by atoms with Gasteiger partial charge in [0.25, 0.3) is 5.91 Å². The van der Waals surface area contributed by atoms with E-state index >= 15 is 0 Å². The molecule has 0 N–H and O–H groups in total. The number of ketones is 1. The fourth-order valence-electron chi connectivity index (χ4n) is 5.36. The minimum absolute atomic E-state index is 0.00368. The maximum Gasteiger partial charge on any atom is 0.289 e. The topological polar surface area (TPSA) is 66.9 Å². The number of benzene rings is 1. The maximum atomic E-state index is 13.2. The van der Waals surface area contributed by atoms with Crippen LogP contribution in [-0.4, -0.2) is 53.6 Å². The lowest BCUT2D eigenvalue weighted by Gasteiger charge is -2.37. The second kappa shape index (κ2) is 18.7. The number of allylic oxidation sites excluding steroid dienone is 10. The van der Waals surface area contributed by atoms with Crippen LogP contribution in [0.3, 0.4) is 0 Å². The van der Waals surface area contributed by atoms with Crippen molar-refractivity contribution in [3.05, 3.63) is 108 Å². The van der Waals surface area contributed by atoms with Crippen LogP contribution in [-0.2, 0) is 24.7 Å². The minimum atomic E-state index is -1.19. The van der Waals surface area contributed by atoms with Gasteiger partial charge in [-0.05, 0) is 64.7 Å². The average molecular weight is 599 g/mol. The van der Waals surface area contributed by atoms with Crippen molar-refractivity contribution in [1.29, 1.82) is 0 Å². The average Bonchev–Trinajstić information content (AvgIpc) is 3.36. The molecular weight excluding hydrogens is 548 g/mol. The summed E-state index contributed by atoms with van der Waals surface area (Å²) in [6.45, 7) is 5.11. The highest BCUT2D eigenvalue weighted by molar-refractivity contribution is 6.07. The zero-order valence-electron chi connectivity index (χ0n) is 26.8. The van der Waals surface area contributed by atoms with Crippen LogP contribution in [0.1, 0.15) is 83.6 Å². The first-order chi connectivity index (χ1) is 21.4. The summed E-state index contributed by atoms with van der Waals surface area (Å²) in [5.74, 6) is -0.265. The summed E-state index contributed by atoms with van der Waals surface area (Å²) in [6, 6.07) is 9.24. The molecule has 2 amide bonds. The molecule has 2 aliphatic rings. The van der Waals surface area contributed by atoms with Crippen molar-refractivity contribution in [3.8, 4) is 0 Å². The zero-order chi connectivity index (χ0) is 31.6. The molecule has 6 nitrogen and oxygen atoms in total. The Labute approximate surface area is 264 Å². The van der Waals surface area contributed by atoms with Crippen molar-refractivity contribution in [2.75, 3.05) is 20.1 Å². The van der Waals surface area contributed by atoms with Gasteiger partial charge in [-0.25, -0.2) is 0 Å². The van der Waals surface area contributed by atoms with E-state index in [9.17, 15) is 14.4 Å². The molecule has 6 heteroatoms. The van der Waals surface area contributed by atoms with E-state index < -0.39 is 5.60 Å². The maximum absolute atomic E-state index is 13.2. The molecule has 0 saturated carbocycles. The van der Waals surface area contributed by atoms with Gasteiger partial charge in [-0.2, -0.15) is 0 Å². The van der Waals surface area contributed by atoms with Gasteiger partial charge in [-0.3, -0.25) is 14.4 Å². The Balaban J connectivity index is 1.27. The van der Waals surface area contributed by atoms with Gasteiger partial charge in [0.2, 0.25) is 11.7 Å². The number of likely N-dealkylation sites (N-methyl/N-ethyl adjacent to an activating group) is 1. The molecule has 0 aromatic heterocycles. The van der Waals surface area contributed by atoms with E-state index in [2.05, 4.69) is 67.7 Å². The Morgan fingerprint density at radius 1 is 0.886 bits per heavy atom. The number of hydrogen-bond donors (Lipinski definition) is 0. The fraction of sp³-hybridized carbons (Fsp3) is 0.447. The number of amides is 2. The third-order valence-corrected chi connectivity index (χ3v) is 8.19. The number of piperidine rings is 1. The van der Waals surface area contributed by atoms with Gasteiger partial charge in [-0.1, -0.05) is 98.0 Å². The van der Waals surface area contributed by atoms with Crippen LogP contribution in [0.4, 0.5) is 0 Å². The number of carbonyl (C=O) groups is 3. The molecule has 1 saturated heterocycles. The minimum Gasteiger partial charge on any atom is -0.469 e. The Morgan fingerprint density at radius 2 is 1.43 bits per heavy atom. The molecule has 1 unspecified atom stereocenters. The van der Waals surface area contributed by atoms with Gasteiger partial charge >= 0.3 is 0 Å². The van der Waals surface area contributed by atoms with Crippen LogP contribution in [0, 0.1) is 0 Å². The number of rotatable bonds is 16. The number of likely N-dealkylation sites (tertiary alicyclic amines) is 1. The van der Waals surface area contributed by atoms with E-state index in [-0.39, 0.29) is 29.4 Å². The molecular formula is C38H50N2O4. The molecule has 0 radical (unpaired) electrons. The van der Waals surface area contributed by atoms with Gasteiger partial charge in [0.05, 0.1) is 0 Å². The van der Waals surface area contributed by atoms with Crippen molar-refractivity contribution in [2.24, 2.45) is 0 Å². The summed E-state index contributed by atoms with van der Waals surface area (Å²) in [4.78, 5) is 42.3. The predicted octanol–water partition coefficient (Wildman–Crippen LogP) is 7.76. The number of carbonyl (C=O) groups excluding carboxylic acids is 3. The van der Waals surface area contributed by atoms with Gasteiger partial charge in [0.1, 0.15) is 0 Å². The molecule has 1 aromatic carbocycles. The summed E-state index contributed by atoms with van der Waals surface area (Å²) >= 11 is 0. The second-order valence-corrected chi connectivity index (χ2v) is 11.5. The van der Waals surface area contributed by atoms with Crippen molar-refractivity contribution in [1.82, 2.24) is 9.80 Å². The Morgan fingerprint density at radius 3 is 2.00 bits per heavy atom. The Hall–Kier alpha value is -3.93. The summed E-state index contributed by atoms with van der Waals surface area (Å²) in [5, 5.41) is 0. The molecule has 2 aliphatic heterocycles. The smallest absolute Gasteiger partial charge is 0.289 e. The third kappa shape index (κ3) is 10.7. The Bertz CT molecular complexity index is 1250. The third-order valence-electron chi connectivity index (χ3n) is 8.19. The molecule has 3 rings (SSSR count). The van der Waals surface area contributed by atoms with Crippen molar-refractivity contribution in [3.63, 3.8) is 0 Å². The molecule has 44 heavy (non-hydrogen) atoms. The summed E-state index contributed by atoms with van der Waals surface area (Å²) in [6.07, 6.45) is 31.8. The zero-order valence-corrected chi connectivity index (χ0v) is 26.8. The molecule has 2 heterocycles. The highest BCUT2D eigenvalue weighted by atomic mass is 16.5. The second-order valence-electron chi connectivity index (χ2n) is 11.5. The Kier molecular flexibility index (Phi) is 14.7. The highest BCUT2D eigenvalue weighted by Gasteiger charge is 2.44. The van der Waals surface area contributed by atoms with E-state index in [1.54, 1.807) is 18.9 Å². The van der Waals surface area contributed by atoms with Gasteiger partial charge < -0.3 is 14.5 Å². The monoisotopic (exact) mass is 598 g/mol. The molecule has 1 atom stereocenters. The molecule has 236 valence electrons. The van der Waals surface area contributed by atoms with Gasteiger partial charge in [0, 0.05) is 44.2 Å². The lowest BCUT2D eigenvalue weighted by molar-refractivity contribution is -0.138. The van der Waals surface area contributed by atoms with Gasteiger partial charge in [-0.15, -0.1) is 0 Å². The lowest BCUT2D eigenvalue weighted by atomic mass is 9.92. The first-order valence-corrected chi connectivity index (χ1v) is 16.2. The van der Waals surface area contributed by atoms with Crippen LogP contribution in [0.15, 0.2) is 103 Å². The normalized spacial score (nSPS) is 19.7. The fourth-order valence-corrected chi connectivity index (χ4v) is 5.36. The number of unbranched alkanes of at least 4 members (excludes halogenated alkanes) is 1. The number of nitrogens with zero attached hydrogens (tertiary/aromatic N) is 2. The summed E-state index contributed by atoms with van der Waals surface area (Å²) < 4.78 is 5.95. The molecule has 0 aliphatic carbocycles. The van der Waals surface area contributed by atoms with Crippen LogP contribution in [0.2, 0.25) is 0 Å². The largest absolute Gasteiger partial charge is 0.469 e. The van der Waals surface area contributed by atoms with Crippen molar-refractivity contribution >= 4 is 17.6 Å². The van der Waals surface area contributed by atoms with Crippen LogP contribution in [0.5, 0.6) is 0 Å². The van der Waals surface area contributed by atoms with E-state index in [1.165, 1.54) is 6.08 Å². The first-order valence-electron chi connectivity index (χ1n) is 16.2. The predicted molar refractivity (Wildman–Crippen MR) is 179 cm³/mol. The van der Waals surface area contributed by atoms with Crippen molar-refractivity contribution < 1.29 is 19.1 Å². The molecule has 1 aromatic rings. The standard InChI is InChI=1S/C38H50N2O4/c1-4-5-6-7-8-9-10-11-12-13-14-15-16-17-18-19-23-26-36(42)40-29-27-33(28-30-40)39(3)37(43)34-31-35(41)38(2,44-34)32-24-21-20-22-25-32/h5-6,8-9,11-12,14-15,17-18,20-22,24-25,31,33H,4,7,10,13,16,19,23,26-30H2,1-3H3. The highest BCUT2D eigenvalue weighted by Crippen LogP contribution is 2.35. The SMILES string of the molecule is CCC=CCC=CCC=CCC=CCC=CCCCC(=O)N1CCC(N(C)C(=O)C2=CC(=O)C(C)(c3ccccc3)O2)CC1. The van der Waals surface area contributed by atoms with Crippen LogP contribution >= 0.6 is 0 Å². The van der Waals surface area contributed by atoms with Crippen LogP contribution < -0.4 is 0 Å². The van der Waals surface area contributed by atoms with E-state index in [0.717, 1.165) is 50.5 Å². The van der Waals surface area contributed by atoms with Crippen LogP contribution in [0.25, 0.3) is 0 Å². The number of hydrogen-bond acceptors (Lipinski definition) is 4. The molecule has 0 bridgehead atoms. The van der Waals surface area contributed by atoms with E-state index in [4.69, 9.17) is 4.74 Å². The van der Waals surface area contributed by atoms with Crippen molar-refractivity contribution in [2.45, 2.75) is 89.7 Å². The lowest BCUT2D eigenvalue weighted by Crippen LogP contribution is -2.47. The first kappa shape index (κ1) is 34.6. The molecule has 1 fully saturated rings. The summed E-state index contributed by atoms with van der Waals surface area (Å²) in [7, 11) is 1.75. The van der Waals surface area contributed by atoms with E-state index in [1.807, 2.05) is 35.2 Å². The summed E-state index contributed by atoms with van der Waals surface area (Å²) in [5.41, 5.74) is -0.463. The quantitative estimate of drug-likeness (QED) is 0.144. The number of ether oxygens (including phenoxy) is 1. The molecule has 0 spiro atoms.